The molecule has 6 heteroatoms. The quantitative estimate of drug-likeness (QED) is 0.555. The highest BCUT2D eigenvalue weighted by molar-refractivity contribution is 5.90. The summed E-state index contributed by atoms with van der Waals surface area (Å²) < 4.78 is 0. The Hall–Kier alpha value is -2.13. The zero-order valence-corrected chi connectivity index (χ0v) is 8.11. The molecule has 0 saturated carbocycles. The number of carboxylic acids is 1. The highest BCUT2D eigenvalue weighted by Crippen LogP contribution is 2.04. The smallest absolute Gasteiger partial charge is 0.358 e. The SMILES string of the molecule is CNCC#Cc1cnc(N)c(C(=O)O)n1. The van der Waals surface area contributed by atoms with E-state index in [-0.39, 0.29) is 17.2 Å². The molecule has 0 aromatic carbocycles. The topological polar surface area (TPSA) is 101 Å². The minimum Gasteiger partial charge on any atom is -0.476 e. The van der Waals surface area contributed by atoms with Gasteiger partial charge in [0.2, 0.25) is 0 Å². The van der Waals surface area contributed by atoms with Gasteiger partial charge in [0.25, 0.3) is 0 Å². The number of nitrogens with two attached hydrogens (primary N) is 1. The van der Waals surface area contributed by atoms with Crippen molar-refractivity contribution in [3.8, 4) is 11.8 Å². The maximum Gasteiger partial charge on any atom is 0.358 e. The predicted octanol–water partition coefficient (Wildman–Crippen LogP) is -0.672. The number of anilines is 1. The Morgan fingerprint density at radius 2 is 2.47 bits per heavy atom. The van der Waals surface area contributed by atoms with Gasteiger partial charge in [-0.3, -0.25) is 0 Å². The van der Waals surface area contributed by atoms with Crippen LogP contribution in [0.5, 0.6) is 0 Å². The van der Waals surface area contributed by atoms with E-state index in [9.17, 15) is 4.79 Å². The second-order valence-corrected chi connectivity index (χ2v) is 2.63. The van der Waals surface area contributed by atoms with Gasteiger partial charge in [-0.05, 0) is 13.0 Å². The zero-order valence-electron chi connectivity index (χ0n) is 8.11. The van der Waals surface area contributed by atoms with Gasteiger partial charge in [-0.2, -0.15) is 0 Å². The van der Waals surface area contributed by atoms with Gasteiger partial charge in [-0.1, -0.05) is 5.92 Å². The number of rotatable bonds is 2. The van der Waals surface area contributed by atoms with Crippen molar-refractivity contribution in [3.05, 3.63) is 17.6 Å². The van der Waals surface area contributed by atoms with Crippen LogP contribution in [0.1, 0.15) is 16.2 Å². The van der Waals surface area contributed by atoms with E-state index in [2.05, 4.69) is 27.1 Å². The van der Waals surface area contributed by atoms with Crippen LogP contribution in [-0.2, 0) is 0 Å². The number of nitrogen functional groups attached to an aromatic ring is 1. The molecule has 1 aromatic heterocycles. The predicted molar refractivity (Wildman–Crippen MR) is 54.2 cm³/mol. The molecule has 0 saturated heterocycles. The number of hydrogen-bond donors (Lipinski definition) is 3. The molecule has 1 heterocycles. The average Bonchev–Trinajstić information content (AvgIpc) is 2.20. The molecule has 0 spiro atoms. The molecular weight excluding hydrogens is 196 g/mol. The van der Waals surface area contributed by atoms with Crippen molar-refractivity contribution in [2.24, 2.45) is 0 Å². The summed E-state index contributed by atoms with van der Waals surface area (Å²) in [6.45, 7) is 0.495. The maximum atomic E-state index is 10.7. The Labute approximate surface area is 86.5 Å². The van der Waals surface area contributed by atoms with Gasteiger partial charge in [0.1, 0.15) is 5.69 Å². The van der Waals surface area contributed by atoms with Crippen LogP contribution in [0.25, 0.3) is 0 Å². The molecule has 0 unspecified atom stereocenters. The lowest BCUT2D eigenvalue weighted by Crippen LogP contribution is -2.09. The highest BCUT2D eigenvalue weighted by atomic mass is 16.4. The van der Waals surface area contributed by atoms with Gasteiger partial charge < -0.3 is 16.2 Å². The third-order valence-electron chi connectivity index (χ3n) is 1.48. The first-order chi connectivity index (χ1) is 7.15. The Morgan fingerprint density at radius 3 is 3.07 bits per heavy atom. The Kier molecular flexibility index (Phi) is 3.60. The molecule has 1 rings (SSSR count). The fourth-order valence-electron chi connectivity index (χ4n) is 0.839. The largest absolute Gasteiger partial charge is 0.476 e. The van der Waals surface area contributed by atoms with Crippen LogP contribution in [0.4, 0.5) is 5.82 Å². The first-order valence-corrected chi connectivity index (χ1v) is 4.14. The molecule has 78 valence electrons. The molecule has 0 aliphatic carbocycles. The summed E-state index contributed by atoms with van der Waals surface area (Å²) in [5, 5.41) is 11.5. The molecular formula is C9H10N4O2. The van der Waals surface area contributed by atoms with E-state index in [0.29, 0.717) is 6.54 Å². The van der Waals surface area contributed by atoms with Crippen molar-refractivity contribution >= 4 is 11.8 Å². The molecule has 0 aliphatic heterocycles. The number of aromatic carboxylic acids is 1. The summed E-state index contributed by atoms with van der Waals surface area (Å²) in [4.78, 5) is 18.1. The number of carboxylic acid groups (broad SMARTS) is 1. The summed E-state index contributed by atoms with van der Waals surface area (Å²) in [6.07, 6.45) is 1.34. The Bertz CT molecular complexity index is 433. The van der Waals surface area contributed by atoms with Crippen LogP contribution in [0.2, 0.25) is 0 Å². The summed E-state index contributed by atoms with van der Waals surface area (Å²) in [7, 11) is 1.76. The van der Waals surface area contributed by atoms with E-state index >= 15 is 0 Å². The van der Waals surface area contributed by atoms with E-state index in [4.69, 9.17) is 10.8 Å². The number of nitrogens with one attached hydrogen (secondary N) is 1. The van der Waals surface area contributed by atoms with Crippen molar-refractivity contribution in [2.75, 3.05) is 19.3 Å². The van der Waals surface area contributed by atoms with E-state index in [1.165, 1.54) is 6.20 Å². The van der Waals surface area contributed by atoms with Gasteiger partial charge >= 0.3 is 5.97 Å². The molecule has 0 fully saturated rings. The molecule has 0 aliphatic rings. The van der Waals surface area contributed by atoms with Crippen LogP contribution in [-0.4, -0.2) is 34.6 Å². The zero-order chi connectivity index (χ0) is 11.3. The van der Waals surface area contributed by atoms with Crippen LogP contribution in [0, 0.1) is 11.8 Å². The molecule has 15 heavy (non-hydrogen) atoms. The first kappa shape index (κ1) is 10.9. The van der Waals surface area contributed by atoms with E-state index in [1.807, 2.05) is 0 Å². The van der Waals surface area contributed by atoms with E-state index < -0.39 is 5.97 Å². The minimum atomic E-state index is -1.21. The molecule has 0 amide bonds. The van der Waals surface area contributed by atoms with Crippen molar-refractivity contribution in [1.29, 1.82) is 0 Å². The standard InChI is InChI=1S/C9H10N4O2/c1-11-4-2-3-6-5-12-8(10)7(13-6)9(14)15/h5,11H,4H2,1H3,(H2,10,12)(H,14,15). The number of hydrogen-bond acceptors (Lipinski definition) is 5. The van der Waals surface area contributed by atoms with Crippen LogP contribution in [0.15, 0.2) is 6.20 Å². The maximum absolute atomic E-state index is 10.7. The third kappa shape index (κ3) is 2.93. The second-order valence-electron chi connectivity index (χ2n) is 2.63. The molecule has 4 N–H and O–H groups in total. The van der Waals surface area contributed by atoms with Gasteiger partial charge in [-0.25, -0.2) is 14.8 Å². The lowest BCUT2D eigenvalue weighted by molar-refractivity contribution is 0.0691. The van der Waals surface area contributed by atoms with Crippen molar-refractivity contribution < 1.29 is 9.90 Å². The van der Waals surface area contributed by atoms with E-state index in [0.717, 1.165) is 0 Å². The fraction of sp³-hybridized carbons (Fsp3) is 0.222. The second kappa shape index (κ2) is 4.93. The van der Waals surface area contributed by atoms with Gasteiger partial charge in [0.15, 0.2) is 11.5 Å². The van der Waals surface area contributed by atoms with Crippen LogP contribution >= 0.6 is 0 Å². The van der Waals surface area contributed by atoms with Gasteiger partial charge in [0, 0.05) is 0 Å². The van der Waals surface area contributed by atoms with Crippen molar-refractivity contribution in [1.82, 2.24) is 15.3 Å². The number of carbonyl (C=O) groups is 1. The monoisotopic (exact) mass is 206 g/mol. The Morgan fingerprint density at radius 1 is 1.73 bits per heavy atom. The lowest BCUT2D eigenvalue weighted by Gasteiger charge is -1.98. The third-order valence-corrected chi connectivity index (χ3v) is 1.48. The van der Waals surface area contributed by atoms with Gasteiger partial charge in [-0.15, -0.1) is 0 Å². The summed E-state index contributed by atoms with van der Waals surface area (Å²) >= 11 is 0. The average molecular weight is 206 g/mol. The Balaban J connectivity index is 2.99. The molecule has 6 nitrogen and oxygen atoms in total. The van der Waals surface area contributed by atoms with E-state index in [1.54, 1.807) is 7.05 Å². The summed E-state index contributed by atoms with van der Waals surface area (Å²) in [5.74, 6) is 4.08. The summed E-state index contributed by atoms with van der Waals surface area (Å²) in [6, 6.07) is 0. The molecule has 0 radical (unpaired) electrons. The molecule has 0 atom stereocenters. The highest BCUT2D eigenvalue weighted by Gasteiger charge is 2.10. The van der Waals surface area contributed by atoms with Crippen LogP contribution < -0.4 is 11.1 Å². The first-order valence-electron chi connectivity index (χ1n) is 4.14. The lowest BCUT2D eigenvalue weighted by atomic mass is 10.3. The number of aromatic nitrogens is 2. The number of nitrogens with zero attached hydrogens (tertiary/aromatic N) is 2. The molecule has 0 bridgehead atoms. The molecule has 1 aromatic rings. The van der Waals surface area contributed by atoms with Crippen molar-refractivity contribution in [3.63, 3.8) is 0 Å². The van der Waals surface area contributed by atoms with Crippen LogP contribution in [0.3, 0.4) is 0 Å². The van der Waals surface area contributed by atoms with Crippen molar-refractivity contribution in [2.45, 2.75) is 0 Å². The summed E-state index contributed by atoms with van der Waals surface area (Å²) in [5.41, 5.74) is 5.35. The minimum absolute atomic E-state index is 0.110. The normalized spacial score (nSPS) is 9.13. The fourth-order valence-corrected chi connectivity index (χ4v) is 0.839. The van der Waals surface area contributed by atoms with Gasteiger partial charge in [0.05, 0.1) is 12.7 Å².